The number of aryl methyl sites for hydroxylation is 1. The Kier molecular flexibility index (Phi) is 5.82. The molecule has 1 aromatic carbocycles. The highest BCUT2D eigenvalue weighted by Crippen LogP contribution is 2.31. The van der Waals surface area contributed by atoms with Crippen molar-refractivity contribution in [2.45, 2.75) is 51.6 Å². The number of hydrogen-bond donors (Lipinski definition) is 1. The molecular formula is C21H27N3O. The lowest BCUT2D eigenvalue weighted by Gasteiger charge is -2.15. The van der Waals surface area contributed by atoms with Crippen molar-refractivity contribution in [3.8, 4) is 0 Å². The molecule has 1 aliphatic heterocycles. The Bertz CT molecular complexity index is 744. The van der Waals surface area contributed by atoms with Gasteiger partial charge in [0, 0.05) is 19.0 Å². The first-order chi connectivity index (χ1) is 12.2. The number of nitrogens with zero attached hydrogens (tertiary/aromatic N) is 2. The second-order valence-corrected chi connectivity index (χ2v) is 6.62. The number of rotatable bonds is 5. The zero-order valence-corrected chi connectivity index (χ0v) is 15.2. The van der Waals surface area contributed by atoms with Crippen LogP contribution in [0.25, 0.3) is 0 Å². The monoisotopic (exact) mass is 337 g/mol. The van der Waals surface area contributed by atoms with E-state index < -0.39 is 0 Å². The van der Waals surface area contributed by atoms with Crippen LogP contribution in [0.3, 0.4) is 0 Å². The zero-order chi connectivity index (χ0) is 17.6. The summed E-state index contributed by atoms with van der Waals surface area (Å²) in [5, 5.41) is 0. The largest absolute Gasteiger partial charge is 0.382 e. The van der Waals surface area contributed by atoms with Crippen molar-refractivity contribution in [3.63, 3.8) is 0 Å². The van der Waals surface area contributed by atoms with Crippen molar-refractivity contribution in [1.82, 2.24) is 0 Å². The van der Waals surface area contributed by atoms with Crippen LogP contribution < -0.4 is 5.73 Å². The van der Waals surface area contributed by atoms with E-state index in [1.807, 2.05) is 13.1 Å². The SMILES string of the molecule is C/C=C\CCC1=C(N)N=C2CCCc3cc(COC)ccc3[C@@H]2C=N1. The number of fused-ring (bicyclic) bond motifs is 3. The van der Waals surface area contributed by atoms with E-state index in [1.54, 1.807) is 7.11 Å². The summed E-state index contributed by atoms with van der Waals surface area (Å²) in [6.07, 6.45) is 11.1. The molecule has 0 bridgehead atoms. The predicted molar refractivity (Wildman–Crippen MR) is 104 cm³/mol. The minimum absolute atomic E-state index is 0.131. The van der Waals surface area contributed by atoms with Crippen LogP contribution >= 0.6 is 0 Å². The maximum absolute atomic E-state index is 6.24. The predicted octanol–water partition coefficient (Wildman–Crippen LogP) is 4.26. The molecule has 0 radical (unpaired) electrons. The highest BCUT2D eigenvalue weighted by atomic mass is 16.5. The Labute approximate surface area is 150 Å². The van der Waals surface area contributed by atoms with Crippen LogP contribution in [-0.4, -0.2) is 19.0 Å². The van der Waals surface area contributed by atoms with Crippen molar-refractivity contribution in [2.24, 2.45) is 15.7 Å². The van der Waals surface area contributed by atoms with E-state index in [0.29, 0.717) is 12.4 Å². The van der Waals surface area contributed by atoms with Crippen LogP contribution in [-0.2, 0) is 17.8 Å². The molecule has 0 spiro atoms. The molecule has 132 valence electrons. The molecule has 3 rings (SSSR count). The fraction of sp³-hybridized carbons (Fsp3) is 0.429. The fourth-order valence-corrected chi connectivity index (χ4v) is 3.55. The first-order valence-corrected chi connectivity index (χ1v) is 9.05. The molecule has 1 atom stereocenters. The van der Waals surface area contributed by atoms with E-state index in [1.165, 1.54) is 16.7 Å². The lowest BCUT2D eigenvalue weighted by Crippen LogP contribution is -2.14. The van der Waals surface area contributed by atoms with Crippen molar-refractivity contribution < 1.29 is 4.74 Å². The molecule has 1 aromatic rings. The molecule has 0 amide bonds. The summed E-state index contributed by atoms with van der Waals surface area (Å²) in [5.74, 6) is 0.713. The van der Waals surface area contributed by atoms with Gasteiger partial charge in [0.05, 0.1) is 18.2 Å². The van der Waals surface area contributed by atoms with Crippen LogP contribution in [0.15, 0.2) is 51.9 Å². The normalized spacial score (nSPS) is 20.1. The molecule has 1 heterocycles. The Morgan fingerprint density at radius 1 is 1.32 bits per heavy atom. The second-order valence-electron chi connectivity index (χ2n) is 6.62. The molecule has 2 N–H and O–H groups in total. The minimum Gasteiger partial charge on any atom is -0.382 e. The Morgan fingerprint density at radius 3 is 3.00 bits per heavy atom. The Balaban J connectivity index is 1.92. The van der Waals surface area contributed by atoms with Gasteiger partial charge in [0.2, 0.25) is 0 Å². The van der Waals surface area contributed by atoms with Crippen LogP contribution in [0, 0.1) is 0 Å². The standard InChI is InChI=1S/C21H27N3O/c1-3-4-5-8-20-21(22)24-19-9-6-7-16-12-15(14-25-2)10-11-17(16)18(19)13-23-20/h3-4,10-13,18H,5-9,14,22H2,1-2H3/b4-3-/t18-/m0/s1. The average molecular weight is 337 g/mol. The van der Waals surface area contributed by atoms with Crippen molar-refractivity contribution in [3.05, 3.63) is 58.6 Å². The number of allylic oxidation sites excluding steroid dienone is 3. The summed E-state index contributed by atoms with van der Waals surface area (Å²) < 4.78 is 5.27. The van der Waals surface area contributed by atoms with E-state index in [4.69, 9.17) is 20.5 Å². The summed E-state index contributed by atoms with van der Waals surface area (Å²) in [6, 6.07) is 6.63. The number of ether oxygens (including phenoxy) is 1. The summed E-state index contributed by atoms with van der Waals surface area (Å²) in [5.41, 5.74) is 12.2. The van der Waals surface area contributed by atoms with Crippen LogP contribution in [0.2, 0.25) is 0 Å². The Hall–Kier alpha value is -2.20. The molecule has 0 unspecified atom stereocenters. The zero-order valence-electron chi connectivity index (χ0n) is 15.2. The summed E-state index contributed by atoms with van der Waals surface area (Å²) in [7, 11) is 1.73. The van der Waals surface area contributed by atoms with E-state index in [2.05, 4.69) is 30.4 Å². The van der Waals surface area contributed by atoms with E-state index in [0.717, 1.165) is 43.5 Å². The lowest BCUT2D eigenvalue weighted by molar-refractivity contribution is 0.185. The third-order valence-electron chi connectivity index (χ3n) is 4.81. The lowest BCUT2D eigenvalue weighted by atomic mass is 9.91. The third kappa shape index (κ3) is 4.07. The molecule has 25 heavy (non-hydrogen) atoms. The van der Waals surface area contributed by atoms with Gasteiger partial charge in [-0.25, -0.2) is 4.99 Å². The van der Waals surface area contributed by atoms with Crippen molar-refractivity contribution in [1.29, 1.82) is 0 Å². The maximum atomic E-state index is 6.24. The molecule has 1 aliphatic carbocycles. The van der Waals surface area contributed by atoms with Crippen molar-refractivity contribution in [2.75, 3.05) is 7.11 Å². The number of hydrogen-bond acceptors (Lipinski definition) is 4. The van der Waals surface area contributed by atoms with Crippen LogP contribution in [0.5, 0.6) is 0 Å². The van der Waals surface area contributed by atoms with Gasteiger partial charge in [-0.1, -0.05) is 30.4 Å². The van der Waals surface area contributed by atoms with Gasteiger partial charge >= 0.3 is 0 Å². The molecule has 4 heteroatoms. The quantitative estimate of drug-likeness (QED) is 0.816. The van der Waals surface area contributed by atoms with Gasteiger partial charge in [-0.05, 0) is 55.7 Å². The molecule has 0 aromatic heterocycles. The fourth-order valence-electron chi connectivity index (χ4n) is 3.55. The Morgan fingerprint density at radius 2 is 2.20 bits per heavy atom. The summed E-state index contributed by atoms with van der Waals surface area (Å²) in [4.78, 5) is 9.49. The van der Waals surface area contributed by atoms with Gasteiger partial charge in [-0.2, -0.15) is 0 Å². The molecule has 0 fully saturated rings. The molecular weight excluding hydrogens is 310 g/mol. The van der Waals surface area contributed by atoms with Crippen LogP contribution in [0.4, 0.5) is 0 Å². The van der Waals surface area contributed by atoms with Gasteiger partial charge in [0.25, 0.3) is 0 Å². The number of methoxy groups -OCH3 is 1. The molecule has 0 saturated carbocycles. The van der Waals surface area contributed by atoms with Gasteiger partial charge in [0.1, 0.15) is 5.82 Å². The van der Waals surface area contributed by atoms with Crippen molar-refractivity contribution >= 4 is 11.9 Å². The van der Waals surface area contributed by atoms with Gasteiger partial charge in [0.15, 0.2) is 0 Å². The van der Waals surface area contributed by atoms with E-state index in [-0.39, 0.29) is 5.92 Å². The number of benzene rings is 1. The highest BCUT2D eigenvalue weighted by Gasteiger charge is 2.25. The molecule has 4 nitrogen and oxygen atoms in total. The topological polar surface area (TPSA) is 60.0 Å². The highest BCUT2D eigenvalue weighted by molar-refractivity contribution is 6.05. The third-order valence-corrected chi connectivity index (χ3v) is 4.81. The van der Waals surface area contributed by atoms with Gasteiger partial charge in [-0.15, -0.1) is 0 Å². The smallest absolute Gasteiger partial charge is 0.145 e. The summed E-state index contributed by atoms with van der Waals surface area (Å²) in [6.45, 7) is 2.68. The van der Waals surface area contributed by atoms with E-state index in [9.17, 15) is 0 Å². The van der Waals surface area contributed by atoms with Gasteiger partial charge < -0.3 is 10.5 Å². The maximum Gasteiger partial charge on any atom is 0.145 e. The first kappa shape index (κ1) is 17.6. The average Bonchev–Trinajstić information content (AvgIpc) is 2.86. The minimum atomic E-state index is 0.131. The van der Waals surface area contributed by atoms with Gasteiger partial charge in [-0.3, -0.25) is 4.99 Å². The number of aliphatic imine (C=N–C) groups is 2. The van der Waals surface area contributed by atoms with E-state index >= 15 is 0 Å². The first-order valence-electron chi connectivity index (χ1n) is 9.05. The van der Waals surface area contributed by atoms with Crippen LogP contribution in [0.1, 0.15) is 55.2 Å². The molecule has 0 saturated heterocycles. The number of nitrogens with two attached hydrogens (primary N) is 1. The summed E-state index contributed by atoms with van der Waals surface area (Å²) >= 11 is 0. The molecule has 2 aliphatic rings. The second kappa shape index (κ2) is 8.26.